The number of hydrogen-bond acceptors (Lipinski definition) is 5. The third-order valence-electron chi connectivity index (χ3n) is 10.7. The lowest BCUT2D eigenvalue weighted by atomic mass is 9.95. The maximum Gasteiger partial charge on any atom is 0.160 e. The molecule has 3 heterocycles. The molecule has 11 rings (SSSR count). The largest absolute Gasteiger partial charge is 0.228 e. The first-order chi connectivity index (χ1) is 28.2. The van der Waals surface area contributed by atoms with Crippen LogP contribution < -0.4 is 0 Å². The van der Waals surface area contributed by atoms with Crippen molar-refractivity contribution >= 4 is 53.2 Å². The topological polar surface area (TPSA) is 51.6 Å². The standard InChI is InChI=1S/C52H32N4S/c1-4-15-34(16-5-1)45-32-46(35-17-6-2-7-18-35)54-51(53-45)40-29-39(37-26-27-43-38(28-37)25-24-33-14-10-11-21-42(33)43)30-41(31-40)52-55-48(36-19-8-3-9-20-36)50-49(56-52)44-22-12-13-23-47(44)57-50/h1-32H. The smallest absolute Gasteiger partial charge is 0.160 e. The zero-order chi connectivity index (χ0) is 37.7. The van der Waals surface area contributed by atoms with Crippen molar-refractivity contribution in [2.24, 2.45) is 0 Å². The quantitative estimate of drug-likeness (QED) is 0.159. The predicted molar refractivity (Wildman–Crippen MR) is 238 cm³/mol. The van der Waals surface area contributed by atoms with Crippen LogP contribution in [0, 0.1) is 0 Å². The van der Waals surface area contributed by atoms with E-state index in [1.54, 1.807) is 11.3 Å². The summed E-state index contributed by atoms with van der Waals surface area (Å²) in [6.45, 7) is 0. The Bertz CT molecular complexity index is 3230. The van der Waals surface area contributed by atoms with Crippen LogP contribution >= 0.6 is 11.3 Å². The lowest BCUT2D eigenvalue weighted by Crippen LogP contribution is -1.98. The zero-order valence-corrected chi connectivity index (χ0v) is 31.5. The molecule has 0 saturated heterocycles. The van der Waals surface area contributed by atoms with Crippen molar-refractivity contribution in [3.63, 3.8) is 0 Å². The van der Waals surface area contributed by atoms with Crippen LogP contribution in [0.15, 0.2) is 194 Å². The van der Waals surface area contributed by atoms with Crippen molar-refractivity contribution in [3.05, 3.63) is 194 Å². The van der Waals surface area contributed by atoms with Crippen LogP contribution in [-0.2, 0) is 0 Å². The Morgan fingerprint density at radius 1 is 0.316 bits per heavy atom. The van der Waals surface area contributed by atoms with Crippen LogP contribution in [0.3, 0.4) is 0 Å². The summed E-state index contributed by atoms with van der Waals surface area (Å²) in [5.41, 5.74) is 10.6. The van der Waals surface area contributed by atoms with Gasteiger partial charge in [-0.1, -0.05) is 158 Å². The summed E-state index contributed by atoms with van der Waals surface area (Å²) >= 11 is 1.74. The molecule has 0 atom stereocenters. The first-order valence-corrected chi connectivity index (χ1v) is 19.9. The number of nitrogens with zero attached hydrogens (tertiary/aromatic N) is 4. The van der Waals surface area contributed by atoms with Gasteiger partial charge in [-0.3, -0.25) is 0 Å². The van der Waals surface area contributed by atoms with Crippen molar-refractivity contribution < 1.29 is 0 Å². The highest BCUT2D eigenvalue weighted by molar-refractivity contribution is 7.26. The normalized spacial score (nSPS) is 11.5. The van der Waals surface area contributed by atoms with Crippen LogP contribution in [0.1, 0.15) is 0 Å². The molecule has 266 valence electrons. The molecule has 0 aliphatic carbocycles. The van der Waals surface area contributed by atoms with Crippen LogP contribution in [0.4, 0.5) is 0 Å². The minimum atomic E-state index is 0.635. The second-order valence-electron chi connectivity index (χ2n) is 14.3. The van der Waals surface area contributed by atoms with Crippen molar-refractivity contribution in [2.75, 3.05) is 0 Å². The second kappa shape index (κ2) is 13.7. The molecular weight excluding hydrogens is 713 g/mol. The molecule has 0 aliphatic heterocycles. The summed E-state index contributed by atoms with van der Waals surface area (Å²) in [6, 6.07) is 68.0. The molecule has 8 aromatic carbocycles. The minimum Gasteiger partial charge on any atom is -0.228 e. The van der Waals surface area contributed by atoms with Crippen LogP contribution in [0.25, 0.3) is 110 Å². The third kappa shape index (κ3) is 6.02. The van der Waals surface area contributed by atoms with Gasteiger partial charge in [0.25, 0.3) is 0 Å². The minimum absolute atomic E-state index is 0.635. The van der Waals surface area contributed by atoms with E-state index in [1.165, 1.54) is 26.2 Å². The monoisotopic (exact) mass is 744 g/mol. The summed E-state index contributed by atoms with van der Waals surface area (Å²) in [7, 11) is 0. The number of fused-ring (bicyclic) bond motifs is 6. The average molecular weight is 745 g/mol. The Kier molecular flexibility index (Phi) is 7.97. The van der Waals surface area contributed by atoms with E-state index in [-0.39, 0.29) is 0 Å². The predicted octanol–water partition coefficient (Wildman–Crippen LogP) is 13.9. The summed E-state index contributed by atoms with van der Waals surface area (Å²) in [6.07, 6.45) is 0. The second-order valence-corrected chi connectivity index (χ2v) is 15.3. The molecule has 0 fully saturated rings. The van der Waals surface area contributed by atoms with Gasteiger partial charge in [0, 0.05) is 37.9 Å². The molecule has 0 N–H and O–H groups in total. The number of aromatic nitrogens is 4. The van der Waals surface area contributed by atoms with Crippen LogP contribution in [0.2, 0.25) is 0 Å². The van der Waals surface area contributed by atoms with E-state index in [0.717, 1.165) is 71.6 Å². The molecule has 0 amide bonds. The van der Waals surface area contributed by atoms with Gasteiger partial charge in [-0.2, -0.15) is 0 Å². The highest BCUT2D eigenvalue weighted by Crippen LogP contribution is 2.41. The molecule has 0 saturated carbocycles. The van der Waals surface area contributed by atoms with Gasteiger partial charge in [0.15, 0.2) is 11.6 Å². The van der Waals surface area contributed by atoms with Crippen LogP contribution in [0.5, 0.6) is 0 Å². The maximum atomic E-state index is 5.38. The van der Waals surface area contributed by atoms with Gasteiger partial charge in [0.2, 0.25) is 0 Å². The number of thiophene rings is 1. The molecule has 0 bridgehead atoms. The van der Waals surface area contributed by atoms with Gasteiger partial charge >= 0.3 is 0 Å². The molecule has 0 aliphatic rings. The Balaban J connectivity index is 1.18. The summed E-state index contributed by atoms with van der Waals surface area (Å²) in [5, 5.41) is 6.01. The molecular formula is C52H32N4S. The highest BCUT2D eigenvalue weighted by atomic mass is 32.1. The molecule has 0 radical (unpaired) electrons. The van der Waals surface area contributed by atoms with Crippen molar-refractivity contribution in [3.8, 4) is 67.7 Å². The lowest BCUT2D eigenvalue weighted by Gasteiger charge is -2.14. The Hall–Kier alpha value is -7.34. The van der Waals surface area contributed by atoms with Gasteiger partial charge in [-0.05, 0) is 69.1 Å². The number of rotatable bonds is 6. The fourth-order valence-electron chi connectivity index (χ4n) is 7.85. The fourth-order valence-corrected chi connectivity index (χ4v) is 9.00. The Labute approximate surface area is 333 Å². The Morgan fingerprint density at radius 3 is 1.56 bits per heavy atom. The third-order valence-corrected chi connectivity index (χ3v) is 11.8. The zero-order valence-electron chi connectivity index (χ0n) is 30.7. The molecule has 3 aromatic heterocycles. The average Bonchev–Trinajstić information content (AvgIpc) is 3.68. The van der Waals surface area contributed by atoms with E-state index >= 15 is 0 Å². The summed E-state index contributed by atoms with van der Waals surface area (Å²) in [5.74, 6) is 1.29. The van der Waals surface area contributed by atoms with E-state index in [0.29, 0.717) is 11.6 Å². The van der Waals surface area contributed by atoms with Gasteiger partial charge in [-0.15, -0.1) is 11.3 Å². The van der Waals surface area contributed by atoms with Crippen molar-refractivity contribution in [1.29, 1.82) is 0 Å². The van der Waals surface area contributed by atoms with E-state index in [1.807, 2.05) is 42.5 Å². The molecule has 0 spiro atoms. The Morgan fingerprint density at radius 2 is 0.860 bits per heavy atom. The maximum absolute atomic E-state index is 5.38. The van der Waals surface area contributed by atoms with E-state index in [4.69, 9.17) is 19.9 Å². The van der Waals surface area contributed by atoms with Crippen LogP contribution in [-0.4, -0.2) is 19.9 Å². The van der Waals surface area contributed by atoms with Gasteiger partial charge < -0.3 is 0 Å². The molecule has 57 heavy (non-hydrogen) atoms. The summed E-state index contributed by atoms with van der Waals surface area (Å²) in [4.78, 5) is 21.2. The SMILES string of the molecule is c1ccc(-c2cc(-c3ccccc3)nc(-c3cc(-c4ccc5c(ccc6ccccc65)c4)cc(-c4nc(-c5ccccc5)c5sc6ccccc6c5n4)c3)n2)cc1. The van der Waals surface area contributed by atoms with Crippen molar-refractivity contribution in [1.82, 2.24) is 19.9 Å². The number of hydrogen-bond donors (Lipinski definition) is 0. The van der Waals surface area contributed by atoms with E-state index in [2.05, 4.69) is 152 Å². The molecule has 4 nitrogen and oxygen atoms in total. The first-order valence-electron chi connectivity index (χ1n) is 19.0. The van der Waals surface area contributed by atoms with Gasteiger partial charge in [0.05, 0.1) is 27.3 Å². The molecule has 11 aromatic rings. The molecule has 0 unspecified atom stereocenters. The summed E-state index contributed by atoms with van der Waals surface area (Å²) < 4.78 is 2.27. The van der Waals surface area contributed by atoms with E-state index in [9.17, 15) is 0 Å². The fraction of sp³-hybridized carbons (Fsp3) is 0. The van der Waals surface area contributed by atoms with E-state index < -0.39 is 0 Å². The van der Waals surface area contributed by atoms with Gasteiger partial charge in [-0.25, -0.2) is 19.9 Å². The van der Waals surface area contributed by atoms with Gasteiger partial charge in [0.1, 0.15) is 0 Å². The lowest BCUT2D eigenvalue weighted by molar-refractivity contribution is 1.18. The number of benzene rings is 8. The van der Waals surface area contributed by atoms with Crippen molar-refractivity contribution in [2.45, 2.75) is 0 Å². The molecule has 5 heteroatoms. The highest BCUT2D eigenvalue weighted by Gasteiger charge is 2.19. The first kappa shape index (κ1) is 33.0.